The van der Waals surface area contributed by atoms with Crippen molar-refractivity contribution in [3.63, 3.8) is 0 Å². The molecule has 0 amide bonds. The zero-order chi connectivity index (χ0) is 15.8. The van der Waals surface area contributed by atoms with Crippen LogP contribution >= 0.6 is 0 Å². The van der Waals surface area contributed by atoms with Crippen molar-refractivity contribution in [1.82, 2.24) is 10.2 Å². The second-order valence-corrected chi connectivity index (χ2v) is 5.93. The van der Waals surface area contributed by atoms with Gasteiger partial charge in [0, 0.05) is 32.3 Å². The fourth-order valence-electron chi connectivity index (χ4n) is 2.54. The van der Waals surface area contributed by atoms with Crippen molar-refractivity contribution < 1.29 is 4.74 Å². The zero-order valence-electron chi connectivity index (χ0n) is 14.6. The van der Waals surface area contributed by atoms with Crippen LogP contribution in [-0.2, 0) is 4.74 Å². The van der Waals surface area contributed by atoms with Crippen molar-refractivity contribution >= 4 is 0 Å². The first-order valence-corrected chi connectivity index (χ1v) is 8.00. The topological polar surface area (TPSA) is 24.5 Å². The third kappa shape index (κ3) is 5.42. The average molecular weight is 292 g/mol. The lowest BCUT2D eigenvalue weighted by molar-refractivity contribution is 0.115. The zero-order valence-corrected chi connectivity index (χ0v) is 14.6. The summed E-state index contributed by atoms with van der Waals surface area (Å²) in [7, 11) is 3.82. The molecular formula is C18H32N2O. The molecule has 0 aromatic heterocycles. The number of hydrogen-bond acceptors (Lipinski definition) is 3. The van der Waals surface area contributed by atoms with E-state index in [1.807, 2.05) is 7.05 Å². The minimum Gasteiger partial charge on any atom is -0.383 e. The third-order valence-electron chi connectivity index (χ3n) is 4.50. The molecule has 3 nitrogen and oxygen atoms in total. The Kier molecular flexibility index (Phi) is 7.94. The Morgan fingerprint density at radius 3 is 2.48 bits per heavy atom. The molecule has 0 bridgehead atoms. The van der Waals surface area contributed by atoms with Gasteiger partial charge in [0.15, 0.2) is 0 Å². The Labute approximate surface area is 130 Å². The summed E-state index contributed by atoms with van der Waals surface area (Å²) in [5.41, 5.74) is 4.08. The summed E-state index contributed by atoms with van der Waals surface area (Å²) in [5, 5.41) is 3.47. The van der Waals surface area contributed by atoms with Crippen LogP contribution in [0.2, 0.25) is 0 Å². The van der Waals surface area contributed by atoms with E-state index in [-0.39, 0.29) is 0 Å². The first kappa shape index (κ1) is 18.1. The summed E-state index contributed by atoms with van der Waals surface area (Å²) >= 11 is 0. The van der Waals surface area contributed by atoms with E-state index in [0.29, 0.717) is 12.1 Å². The highest BCUT2D eigenvalue weighted by atomic mass is 16.5. The van der Waals surface area contributed by atoms with E-state index in [1.165, 1.54) is 16.7 Å². The van der Waals surface area contributed by atoms with Crippen LogP contribution < -0.4 is 5.32 Å². The molecule has 0 saturated heterocycles. The van der Waals surface area contributed by atoms with Gasteiger partial charge in [0.05, 0.1) is 6.61 Å². The number of benzene rings is 1. The maximum atomic E-state index is 5.26. The number of methoxy groups -OCH3 is 1. The summed E-state index contributed by atoms with van der Waals surface area (Å²) in [6.45, 7) is 11.7. The van der Waals surface area contributed by atoms with Crippen molar-refractivity contribution in [3.8, 4) is 0 Å². The monoisotopic (exact) mass is 292 g/mol. The van der Waals surface area contributed by atoms with E-state index in [1.54, 1.807) is 7.11 Å². The molecule has 21 heavy (non-hydrogen) atoms. The number of rotatable bonds is 9. The Morgan fingerprint density at radius 1 is 1.24 bits per heavy atom. The maximum Gasteiger partial charge on any atom is 0.0589 e. The largest absolute Gasteiger partial charge is 0.383 e. The van der Waals surface area contributed by atoms with Crippen molar-refractivity contribution in [2.75, 3.05) is 33.9 Å². The smallest absolute Gasteiger partial charge is 0.0589 e. The fraction of sp³-hybridized carbons (Fsp3) is 0.667. The second-order valence-electron chi connectivity index (χ2n) is 5.93. The average Bonchev–Trinajstić information content (AvgIpc) is 2.50. The van der Waals surface area contributed by atoms with Crippen LogP contribution in [-0.4, -0.2) is 44.8 Å². The molecule has 0 heterocycles. The van der Waals surface area contributed by atoms with E-state index in [9.17, 15) is 0 Å². The number of nitrogens with one attached hydrogen (secondary N) is 1. The Bertz CT molecular complexity index is 420. The van der Waals surface area contributed by atoms with Crippen LogP contribution in [0.3, 0.4) is 0 Å². The van der Waals surface area contributed by atoms with Crippen LogP contribution in [0.15, 0.2) is 18.2 Å². The highest BCUT2D eigenvalue weighted by molar-refractivity contribution is 5.31. The molecular weight excluding hydrogens is 260 g/mol. The Hall–Kier alpha value is -0.900. The van der Waals surface area contributed by atoms with Gasteiger partial charge >= 0.3 is 0 Å². The third-order valence-corrected chi connectivity index (χ3v) is 4.50. The molecule has 3 heteroatoms. The molecule has 0 spiro atoms. The molecule has 0 fully saturated rings. The van der Waals surface area contributed by atoms with Gasteiger partial charge in [-0.1, -0.05) is 25.1 Å². The highest BCUT2D eigenvalue weighted by Crippen LogP contribution is 2.19. The normalized spacial score (nSPS) is 14.4. The van der Waals surface area contributed by atoms with Crippen molar-refractivity contribution in [2.45, 2.75) is 46.2 Å². The van der Waals surface area contributed by atoms with E-state index < -0.39 is 0 Å². The molecule has 0 aliphatic heterocycles. The predicted octanol–water partition coefficient (Wildman–Crippen LogP) is 3.31. The molecule has 0 radical (unpaired) electrons. The minimum atomic E-state index is 0.357. The number of ether oxygens (including phenoxy) is 1. The van der Waals surface area contributed by atoms with Crippen molar-refractivity contribution in [2.24, 2.45) is 0 Å². The summed E-state index contributed by atoms with van der Waals surface area (Å²) < 4.78 is 5.26. The summed E-state index contributed by atoms with van der Waals surface area (Å²) in [4.78, 5) is 2.51. The van der Waals surface area contributed by atoms with Crippen LogP contribution in [0.1, 0.15) is 43.0 Å². The van der Waals surface area contributed by atoms with Gasteiger partial charge in [-0.15, -0.1) is 0 Å². The Balaban J connectivity index is 2.83. The van der Waals surface area contributed by atoms with Crippen molar-refractivity contribution in [3.05, 3.63) is 34.9 Å². The quantitative estimate of drug-likeness (QED) is 0.756. The maximum absolute atomic E-state index is 5.26. The lowest BCUT2D eigenvalue weighted by atomic mass is 10.00. The molecule has 1 N–H and O–H groups in total. The van der Waals surface area contributed by atoms with Gasteiger partial charge in [-0.25, -0.2) is 0 Å². The van der Waals surface area contributed by atoms with Gasteiger partial charge in [-0.3, -0.25) is 4.90 Å². The van der Waals surface area contributed by atoms with Gasteiger partial charge in [-0.2, -0.15) is 0 Å². The number of aryl methyl sites for hydroxylation is 2. The van der Waals surface area contributed by atoms with E-state index >= 15 is 0 Å². The summed E-state index contributed by atoms with van der Waals surface area (Å²) in [6, 6.07) is 7.70. The lowest BCUT2D eigenvalue weighted by Crippen LogP contribution is -2.41. The van der Waals surface area contributed by atoms with Crippen molar-refractivity contribution in [1.29, 1.82) is 0 Å². The van der Waals surface area contributed by atoms with E-state index in [4.69, 9.17) is 4.74 Å². The van der Waals surface area contributed by atoms with Gasteiger partial charge in [0.2, 0.25) is 0 Å². The molecule has 120 valence electrons. The molecule has 1 aromatic rings. The summed E-state index contributed by atoms with van der Waals surface area (Å²) in [5.74, 6) is 0. The first-order chi connectivity index (χ1) is 10.0. The minimum absolute atomic E-state index is 0.357. The van der Waals surface area contributed by atoms with Gasteiger partial charge in [-0.05, 0) is 50.9 Å². The van der Waals surface area contributed by atoms with E-state index in [0.717, 1.165) is 26.1 Å². The molecule has 0 aliphatic carbocycles. The van der Waals surface area contributed by atoms with Gasteiger partial charge in [0.25, 0.3) is 0 Å². The molecule has 1 aromatic carbocycles. The number of likely N-dealkylation sites (N-methyl/N-ethyl adjacent to an activating group) is 1. The van der Waals surface area contributed by atoms with Crippen LogP contribution in [0.4, 0.5) is 0 Å². The van der Waals surface area contributed by atoms with Gasteiger partial charge < -0.3 is 10.1 Å². The first-order valence-electron chi connectivity index (χ1n) is 8.00. The molecule has 0 aliphatic rings. The second kappa shape index (κ2) is 9.19. The van der Waals surface area contributed by atoms with Crippen LogP contribution in [0.25, 0.3) is 0 Å². The van der Waals surface area contributed by atoms with Gasteiger partial charge in [0.1, 0.15) is 0 Å². The van der Waals surface area contributed by atoms with Crippen LogP contribution in [0.5, 0.6) is 0 Å². The summed E-state index contributed by atoms with van der Waals surface area (Å²) in [6.07, 6.45) is 1.16. The molecule has 2 unspecified atom stereocenters. The fourth-order valence-corrected chi connectivity index (χ4v) is 2.54. The van der Waals surface area contributed by atoms with Crippen LogP contribution in [0, 0.1) is 13.8 Å². The standard InChI is InChI=1S/C18H32N2O/c1-7-16(4)20(10-11-21-6)13-18(19-5)17-9-8-14(2)15(3)12-17/h8-9,12,16,18-19H,7,10-11,13H2,1-6H3. The lowest BCUT2D eigenvalue weighted by Gasteiger charge is -2.32. The highest BCUT2D eigenvalue weighted by Gasteiger charge is 2.18. The molecule has 2 atom stereocenters. The molecule has 1 rings (SSSR count). The van der Waals surface area contributed by atoms with E-state index in [2.05, 4.69) is 56.1 Å². The Morgan fingerprint density at radius 2 is 1.95 bits per heavy atom. The predicted molar refractivity (Wildman–Crippen MR) is 90.9 cm³/mol. The number of nitrogens with zero attached hydrogens (tertiary/aromatic N) is 1. The molecule has 0 saturated carbocycles. The number of hydrogen-bond donors (Lipinski definition) is 1. The SMILES string of the molecule is CCC(C)N(CCOC)CC(NC)c1ccc(C)c(C)c1.